The summed E-state index contributed by atoms with van der Waals surface area (Å²) in [6.45, 7) is 2.67. The number of nitrogens with one attached hydrogen (secondary N) is 1. The Morgan fingerprint density at radius 3 is 1.88 bits per heavy atom. The molecule has 0 amide bonds. The molecule has 1 aromatic carbocycles. The van der Waals surface area contributed by atoms with Gasteiger partial charge in [-0.05, 0) is 36.7 Å². The molecule has 0 radical (unpaired) electrons. The van der Waals surface area contributed by atoms with Gasteiger partial charge in [-0.2, -0.15) is 0 Å². The lowest BCUT2D eigenvalue weighted by molar-refractivity contribution is 0.306. The molecule has 138 valence electrons. The summed E-state index contributed by atoms with van der Waals surface area (Å²) in [5.74, 6) is -0.160. The molecule has 25 heavy (non-hydrogen) atoms. The van der Waals surface area contributed by atoms with Gasteiger partial charge in [-0.25, -0.2) is 29.9 Å². The molecule has 2 aromatic rings. The SMILES string of the molecule is Cc1nonc1NS(=O)(=O)c1ccc(S(C)(=O)=O)c(S(C)(=O)=O)c1C. The maximum atomic E-state index is 12.5. The topological polar surface area (TPSA) is 153 Å². The third-order valence-electron chi connectivity index (χ3n) is 3.26. The van der Waals surface area contributed by atoms with Gasteiger partial charge in [-0.3, -0.25) is 4.72 Å². The molecule has 1 aromatic heterocycles. The fourth-order valence-corrected chi connectivity index (χ4v) is 6.38. The first-order valence-corrected chi connectivity index (χ1v) is 11.9. The Labute approximate surface area is 145 Å². The number of hydrogen-bond acceptors (Lipinski definition) is 9. The average molecular weight is 409 g/mol. The van der Waals surface area contributed by atoms with E-state index in [1.54, 1.807) is 0 Å². The van der Waals surface area contributed by atoms with Gasteiger partial charge in [0.1, 0.15) is 5.69 Å². The van der Waals surface area contributed by atoms with Crippen LogP contribution in [0.1, 0.15) is 11.3 Å². The van der Waals surface area contributed by atoms with Crippen LogP contribution in [0.25, 0.3) is 0 Å². The molecule has 0 saturated heterocycles. The molecule has 1 heterocycles. The van der Waals surface area contributed by atoms with Crippen molar-refractivity contribution in [2.45, 2.75) is 28.5 Å². The number of aromatic nitrogens is 2. The lowest BCUT2D eigenvalue weighted by Gasteiger charge is -2.14. The smallest absolute Gasteiger partial charge is 0.259 e. The van der Waals surface area contributed by atoms with Crippen LogP contribution < -0.4 is 4.72 Å². The van der Waals surface area contributed by atoms with Crippen molar-refractivity contribution in [3.8, 4) is 0 Å². The van der Waals surface area contributed by atoms with Crippen molar-refractivity contribution in [2.24, 2.45) is 0 Å². The third-order valence-corrected chi connectivity index (χ3v) is 7.28. The number of anilines is 1. The highest BCUT2D eigenvalue weighted by Crippen LogP contribution is 2.30. The van der Waals surface area contributed by atoms with Crippen LogP contribution in [0.2, 0.25) is 0 Å². The molecule has 0 aliphatic heterocycles. The van der Waals surface area contributed by atoms with Crippen molar-refractivity contribution in [1.29, 1.82) is 0 Å². The summed E-state index contributed by atoms with van der Waals surface area (Å²) in [5.41, 5.74) is -0.0376. The quantitative estimate of drug-likeness (QED) is 0.734. The number of nitrogens with zero attached hydrogens (tertiary/aromatic N) is 2. The molecule has 2 rings (SSSR count). The van der Waals surface area contributed by atoms with Gasteiger partial charge >= 0.3 is 0 Å². The lowest BCUT2D eigenvalue weighted by atomic mass is 10.2. The molecule has 10 nitrogen and oxygen atoms in total. The molecule has 0 spiro atoms. The van der Waals surface area contributed by atoms with Crippen LogP contribution >= 0.6 is 0 Å². The predicted octanol–water partition coefficient (Wildman–Crippen LogP) is 0.294. The Hall–Kier alpha value is -1.99. The standard InChI is InChI=1S/C12H15N3O7S3/c1-7-9(25(20,21)15-12-8(2)13-22-14-12)5-6-10(23(3,16)17)11(7)24(4,18)19/h5-6H,1-4H3,(H,14,15). The highest BCUT2D eigenvalue weighted by Gasteiger charge is 2.29. The first-order valence-electron chi connectivity index (χ1n) is 6.61. The number of hydrogen-bond donors (Lipinski definition) is 1. The number of sulfone groups is 2. The van der Waals surface area contributed by atoms with E-state index < -0.39 is 44.4 Å². The van der Waals surface area contributed by atoms with Gasteiger partial charge in [0.15, 0.2) is 19.7 Å². The molecular weight excluding hydrogens is 394 g/mol. The van der Waals surface area contributed by atoms with E-state index >= 15 is 0 Å². The monoisotopic (exact) mass is 409 g/mol. The molecule has 1 N–H and O–H groups in total. The van der Waals surface area contributed by atoms with Crippen molar-refractivity contribution in [2.75, 3.05) is 17.2 Å². The highest BCUT2D eigenvalue weighted by molar-refractivity contribution is 7.94. The molecule has 0 saturated carbocycles. The van der Waals surface area contributed by atoms with E-state index in [9.17, 15) is 25.3 Å². The summed E-state index contributed by atoms with van der Waals surface area (Å²) in [6.07, 6.45) is 1.65. The van der Waals surface area contributed by atoms with Gasteiger partial charge in [0.25, 0.3) is 10.0 Å². The predicted molar refractivity (Wildman–Crippen MR) is 87.2 cm³/mol. The lowest BCUT2D eigenvalue weighted by Crippen LogP contribution is -2.18. The number of benzene rings is 1. The van der Waals surface area contributed by atoms with Crippen molar-refractivity contribution in [1.82, 2.24) is 10.3 Å². The molecule has 0 bridgehead atoms. The average Bonchev–Trinajstić information content (AvgIpc) is 2.80. The van der Waals surface area contributed by atoms with E-state index in [2.05, 4.69) is 19.7 Å². The van der Waals surface area contributed by atoms with Crippen LogP contribution in [0.4, 0.5) is 5.82 Å². The largest absolute Gasteiger partial charge is 0.263 e. The normalized spacial score (nSPS) is 13.0. The van der Waals surface area contributed by atoms with E-state index in [1.807, 2.05) is 0 Å². The molecule has 0 aliphatic carbocycles. The van der Waals surface area contributed by atoms with Crippen molar-refractivity contribution in [3.05, 3.63) is 23.4 Å². The number of aryl methyl sites for hydroxylation is 1. The molecular formula is C12H15N3O7S3. The van der Waals surface area contributed by atoms with E-state index in [1.165, 1.54) is 13.8 Å². The van der Waals surface area contributed by atoms with Crippen molar-refractivity contribution in [3.63, 3.8) is 0 Å². The van der Waals surface area contributed by atoms with Gasteiger partial charge in [-0.15, -0.1) is 0 Å². The van der Waals surface area contributed by atoms with Crippen LogP contribution in [0, 0.1) is 13.8 Å². The number of sulfonamides is 1. The van der Waals surface area contributed by atoms with Crippen LogP contribution in [-0.4, -0.2) is 48.1 Å². The van der Waals surface area contributed by atoms with E-state index in [-0.39, 0.29) is 17.1 Å². The van der Waals surface area contributed by atoms with Crippen LogP contribution in [-0.2, 0) is 29.7 Å². The summed E-state index contributed by atoms with van der Waals surface area (Å²) >= 11 is 0. The fourth-order valence-electron chi connectivity index (χ4n) is 2.20. The minimum Gasteiger partial charge on any atom is -0.259 e. The van der Waals surface area contributed by atoms with Gasteiger partial charge in [0, 0.05) is 12.5 Å². The first kappa shape index (κ1) is 19.3. The Morgan fingerprint density at radius 2 is 1.44 bits per heavy atom. The van der Waals surface area contributed by atoms with E-state index in [0.717, 1.165) is 24.6 Å². The molecule has 0 aliphatic rings. The molecule has 13 heteroatoms. The second-order valence-corrected chi connectivity index (χ2v) is 11.0. The number of rotatable bonds is 5. The first-order chi connectivity index (χ1) is 11.2. The Kier molecular flexibility index (Phi) is 4.69. The maximum absolute atomic E-state index is 12.5. The van der Waals surface area contributed by atoms with Gasteiger partial charge in [0.2, 0.25) is 5.82 Å². The Bertz CT molecular complexity index is 1150. The molecule has 0 fully saturated rings. The zero-order valence-electron chi connectivity index (χ0n) is 13.6. The Morgan fingerprint density at radius 1 is 0.880 bits per heavy atom. The zero-order chi connectivity index (χ0) is 19.2. The minimum absolute atomic E-state index is 0.160. The molecule has 0 unspecified atom stereocenters. The van der Waals surface area contributed by atoms with Crippen molar-refractivity contribution >= 4 is 35.5 Å². The third kappa shape index (κ3) is 3.82. The summed E-state index contributed by atoms with van der Waals surface area (Å²) in [4.78, 5) is -1.43. The van der Waals surface area contributed by atoms with Crippen LogP contribution in [0.15, 0.2) is 31.4 Å². The second kappa shape index (κ2) is 6.07. The van der Waals surface area contributed by atoms with Gasteiger partial charge in [0.05, 0.1) is 14.7 Å². The van der Waals surface area contributed by atoms with Crippen LogP contribution in [0.5, 0.6) is 0 Å². The second-order valence-electron chi connectivity index (χ2n) is 5.36. The fraction of sp³-hybridized carbons (Fsp3) is 0.333. The van der Waals surface area contributed by atoms with E-state index in [0.29, 0.717) is 0 Å². The maximum Gasteiger partial charge on any atom is 0.263 e. The minimum atomic E-state index is -4.25. The van der Waals surface area contributed by atoms with E-state index in [4.69, 9.17) is 0 Å². The highest BCUT2D eigenvalue weighted by atomic mass is 32.2. The van der Waals surface area contributed by atoms with Crippen molar-refractivity contribution < 1.29 is 29.9 Å². The van der Waals surface area contributed by atoms with Crippen LogP contribution in [0.3, 0.4) is 0 Å². The summed E-state index contributed by atoms with van der Waals surface area (Å²) < 4.78 is 79.4. The zero-order valence-corrected chi connectivity index (χ0v) is 16.1. The summed E-state index contributed by atoms with van der Waals surface area (Å²) in [7, 11) is -12.2. The Balaban J connectivity index is 2.75. The summed E-state index contributed by atoms with van der Waals surface area (Å²) in [5, 5.41) is 6.83. The molecule has 0 atom stereocenters. The summed E-state index contributed by atoms with van der Waals surface area (Å²) in [6, 6.07) is 1.97. The van der Waals surface area contributed by atoms with Gasteiger partial charge in [-0.1, -0.05) is 5.16 Å². The van der Waals surface area contributed by atoms with Gasteiger partial charge < -0.3 is 0 Å².